The third-order valence-corrected chi connectivity index (χ3v) is 2.31. The number of benzene rings is 1. The molecule has 0 aliphatic heterocycles. The fourth-order valence-corrected chi connectivity index (χ4v) is 1.20. The van der Waals surface area contributed by atoms with Gasteiger partial charge in [0.1, 0.15) is 11.0 Å². The Morgan fingerprint density at radius 3 is 2.18 bits per heavy atom. The minimum Gasteiger partial charge on any atom is -0.257 e. The first-order valence-corrected chi connectivity index (χ1v) is 5.60. The zero-order valence-electron chi connectivity index (χ0n) is 9.42. The van der Waals surface area contributed by atoms with Crippen LogP contribution in [-0.4, -0.2) is 9.97 Å². The van der Waals surface area contributed by atoms with Crippen LogP contribution in [0.2, 0.25) is 10.2 Å². The quantitative estimate of drug-likeness (QED) is 0.718. The van der Waals surface area contributed by atoms with E-state index >= 15 is 0 Å². The molecule has 17 heavy (non-hydrogen) atoms. The topological polar surface area (TPSA) is 25.8 Å². The lowest BCUT2D eigenvalue weighted by molar-refractivity contribution is 0.618. The average molecular weight is 273 g/mol. The van der Waals surface area contributed by atoms with E-state index in [9.17, 15) is 4.39 Å². The molecule has 1 aromatic carbocycles. The molecule has 0 saturated carbocycles. The molecule has 0 aliphatic carbocycles. The molecule has 0 amide bonds. The van der Waals surface area contributed by atoms with Crippen molar-refractivity contribution in [3.05, 3.63) is 57.8 Å². The summed E-state index contributed by atoms with van der Waals surface area (Å²) in [6.45, 7) is 3.56. The average Bonchev–Trinajstić information content (AvgIpc) is 2.29. The molecule has 2 nitrogen and oxygen atoms in total. The molecule has 0 unspecified atom stereocenters. The third-order valence-electron chi connectivity index (χ3n) is 1.88. The summed E-state index contributed by atoms with van der Waals surface area (Å²) in [5.41, 5.74) is 1.51. The van der Waals surface area contributed by atoms with Crippen LogP contribution in [0.15, 0.2) is 30.6 Å². The third kappa shape index (κ3) is 5.11. The highest BCUT2D eigenvalue weighted by molar-refractivity contribution is 6.30. The van der Waals surface area contributed by atoms with E-state index in [0.717, 1.165) is 5.69 Å². The van der Waals surface area contributed by atoms with E-state index < -0.39 is 0 Å². The van der Waals surface area contributed by atoms with E-state index in [1.807, 2.05) is 6.92 Å². The van der Waals surface area contributed by atoms with E-state index in [1.54, 1.807) is 25.3 Å². The molecule has 0 radical (unpaired) electrons. The highest BCUT2D eigenvalue weighted by Gasteiger charge is 1.94. The van der Waals surface area contributed by atoms with E-state index in [-0.39, 0.29) is 5.82 Å². The standard InChI is InChI=1S/C7H6ClF.C5H5ClN2/c1-5-2-3-6(8)4-7(5)9;1-4-2-8-5(6)3-7-4/h2-4H,1H3;2-3H,1H3. The maximum absolute atomic E-state index is 12.5. The van der Waals surface area contributed by atoms with Gasteiger partial charge in [0.25, 0.3) is 0 Å². The fraction of sp³-hybridized carbons (Fsp3) is 0.167. The highest BCUT2D eigenvalue weighted by Crippen LogP contribution is 2.12. The smallest absolute Gasteiger partial charge is 0.147 e. The Morgan fingerprint density at radius 1 is 1.06 bits per heavy atom. The molecule has 90 valence electrons. The van der Waals surface area contributed by atoms with Crippen molar-refractivity contribution in [2.24, 2.45) is 0 Å². The van der Waals surface area contributed by atoms with Crippen molar-refractivity contribution in [1.29, 1.82) is 0 Å². The minimum atomic E-state index is -0.248. The summed E-state index contributed by atoms with van der Waals surface area (Å²) in [5.74, 6) is -0.248. The first-order valence-electron chi connectivity index (χ1n) is 4.85. The van der Waals surface area contributed by atoms with Gasteiger partial charge in [-0.15, -0.1) is 0 Å². The molecule has 2 aromatic rings. The summed E-state index contributed by atoms with van der Waals surface area (Å²) in [7, 11) is 0. The molecule has 1 heterocycles. The Kier molecular flexibility index (Phi) is 5.32. The number of aromatic nitrogens is 2. The minimum absolute atomic E-state index is 0.248. The van der Waals surface area contributed by atoms with Crippen molar-refractivity contribution in [3.63, 3.8) is 0 Å². The summed E-state index contributed by atoms with van der Waals surface area (Å²) in [4.78, 5) is 7.67. The second-order valence-electron chi connectivity index (χ2n) is 3.37. The Balaban J connectivity index is 0.000000171. The Hall–Kier alpha value is -1.19. The fourth-order valence-electron chi connectivity index (χ4n) is 0.944. The number of nitrogens with zero attached hydrogens (tertiary/aromatic N) is 2. The van der Waals surface area contributed by atoms with E-state index in [2.05, 4.69) is 9.97 Å². The molecule has 5 heteroatoms. The van der Waals surface area contributed by atoms with Crippen LogP contribution in [0.5, 0.6) is 0 Å². The first kappa shape index (κ1) is 13.9. The Labute approximate surface area is 109 Å². The monoisotopic (exact) mass is 272 g/mol. The maximum Gasteiger partial charge on any atom is 0.147 e. The second-order valence-corrected chi connectivity index (χ2v) is 4.20. The lowest BCUT2D eigenvalue weighted by Crippen LogP contribution is -1.80. The second kappa shape index (κ2) is 6.52. The molecular weight excluding hydrogens is 262 g/mol. The lowest BCUT2D eigenvalue weighted by Gasteiger charge is -1.93. The van der Waals surface area contributed by atoms with Crippen molar-refractivity contribution in [2.75, 3.05) is 0 Å². The predicted octanol–water partition coefficient (Wildman–Crippen LogP) is 4.23. The zero-order valence-corrected chi connectivity index (χ0v) is 10.9. The summed E-state index contributed by atoms with van der Waals surface area (Å²) in [6, 6.07) is 4.62. The maximum atomic E-state index is 12.5. The molecule has 0 aliphatic rings. The summed E-state index contributed by atoms with van der Waals surface area (Å²) < 4.78 is 12.5. The van der Waals surface area contributed by atoms with Crippen molar-refractivity contribution < 1.29 is 4.39 Å². The largest absolute Gasteiger partial charge is 0.257 e. The van der Waals surface area contributed by atoms with Crippen LogP contribution in [0.4, 0.5) is 4.39 Å². The normalized spacial score (nSPS) is 9.47. The van der Waals surface area contributed by atoms with Gasteiger partial charge in [-0.05, 0) is 31.5 Å². The zero-order chi connectivity index (χ0) is 12.8. The highest BCUT2D eigenvalue weighted by atomic mass is 35.5. The van der Waals surface area contributed by atoms with Crippen LogP contribution in [0.25, 0.3) is 0 Å². The van der Waals surface area contributed by atoms with Gasteiger partial charge >= 0.3 is 0 Å². The molecule has 0 atom stereocenters. The molecular formula is C12H11Cl2FN2. The van der Waals surface area contributed by atoms with Gasteiger partial charge in [-0.3, -0.25) is 4.98 Å². The number of hydrogen-bond donors (Lipinski definition) is 0. The molecule has 0 fully saturated rings. The summed E-state index contributed by atoms with van der Waals surface area (Å²) in [5, 5.41) is 0.883. The van der Waals surface area contributed by atoms with Crippen molar-refractivity contribution in [1.82, 2.24) is 9.97 Å². The number of hydrogen-bond acceptors (Lipinski definition) is 2. The summed E-state index contributed by atoms with van der Waals surface area (Å²) in [6.07, 6.45) is 3.15. The number of aryl methyl sites for hydroxylation is 2. The molecule has 0 spiro atoms. The van der Waals surface area contributed by atoms with E-state index in [4.69, 9.17) is 23.2 Å². The Morgan fingerprint density at radius 2 is 1.76 bits per heavy atom. The van der Waals surface area contributed by atoms with Crippen molar-refractivity contribution in [2.45, 2.75) is 13.8 Å². The van der Waals surface area contributed by atoms with Gasteiger partial charge in [-0.1, -0.05) is 29.3 Å². The van der Waals surface area contributed by atoms with Gasteiger partial charge < -0.3 is 0 Å². The van der Waals surface area contributed by atoms with Gasteiger partial charge in [-0.25, -0.2) is 9.37 Å². The molecule has 2 rings (SSSR count). The van der Waals surface area contributed by atoms with Crippen LogP contribution < -0.4 is 0 Å². The van der Waals surface area contributed by atoms with E-state index in [0.29, 0.717) is 15.7 Å². The predicted molar refractivity (Wildman–Crippen MR) is 67.9 cm³/mol. The Bertz CT molecular complexity index is 465. The van der Waals surface area contributed by atoms with Crippen LogP contribution in [0.3, 0.4) is 0 Å². The van der Waals surface area contributed by atoms with Crippen molar-refractivity contribution in [3.8, 4) is 0 Å². The van der Waals surface area contributed by atoms with Gasteiger partial charge in [0.15, 0.2) is 0 Å². The SMILES string of the molecule is Cc1ccc(Cl)cc1F.Cc1cnc(Cl)cn1. The van der Waals surface area contributed by atoms with Gasteiger partial charge in [-0.2, -0.15) is 0 Å². The lowest BCUT2D eigenvalue weighted by atomic mass is 10.2. The molecule has 1 aromatic heterocycles. The van der Waals surface area contributed by atoms with Gasteiger partial charge in [0.2, 0.25) is 0 Å². The summed E-state index contributed by atoms with van der Waals surface area (Å²) >= 11 is 10.9. The van der Waals surface area contributed by atoms with Crippen LogP contribution in [-0.2, 0) is 0 Å². The van der Waals surface area contributed by atoms with E-state index in [1.165, 1.54) is 12.3 Å². The molecule has 0 saturated heterocycles. The van der Waals surface area contributed by atoms with Gasteiger partial charge in [0.05, 0.1) is 11.9 Å². The molecule has 0 bridgehead atoms. The first-order chi connectivity index (χ1) is 7.99. The van der Waals surface area contributed by atoms with Crippen LogP contribution >= 0.6 is 23.2 Å². The molecule has 0 N–H and O–H groups in total. The van der Waals surface area contributed by atoms with Gasteiger partial charge in [0, 0.05) is 11.2 Å². The van der Waals surface area contributed by atoms with Crippen LogP contribution in [0, 0.1) is 19.7 Å². The van der Waals surface area contributed by atoms with Crippen molar-refractivity contribution >= 4 is 23.2 Å². The number of rotatable bonds is 0. The number of halogens is 3. The van der Waals surface area contributed by atoms with Crippen LogP contribution in [0.1, 0.15) is 11.3 Å².